The van der Waals surface area contributed by atoms with Crippen molar-refractivity contribution in [2.24, 2.45) is 4.99 Å². The molecular formula is C9H16N2O2S. The Balaban J connectivity index is 2.41. The molecule has 0 aliphatic carbocycles. The Morgan fingerprint density at radius 3 is 3.07 bits per heavy atom. The van der Waals surface area contributed by atoms with E-state index in [4.69, 9.17) is 0 Å². The molecule has 1 aliphatic rings. The van der Waals surface area contributed by atoms with Gasteiger partial charge in [0.2, 0.25) is 0 Å². The second-order valence-corrected chi connectivity index (χ2v) is 4.21. The highest BCUT2D eigenvalue weighted by molar-refractivity contribution is 8.14. The van der Waals surface area contributed by atoms with Crippen molar-refractivity contribution in [3.8, 4) is 0 Å². The molecule has 1 heterocycles. The molecule has 1 rings (SSSR count). The maximum atomic E-state index is 11.1. The van der Waals surface area contributed by atoms with E-state index in [2.05, 4.69) is 22.0 Å². The maximum absolute atomic E-state index is 11.1. The second-order valence-electron chi connectivity index (χ2n) is 3.20. The largest absolute Gasteiger partial charge is 0.467 e. The number of hydrogen-bond acceptors (Lipinski definition) is 5. The molecule has 14 heavy (non-hydrogen) atoms. The predicted octanol–water partition coefficient (Wildman–Crippen LogP) is 1.02. The molecule has 0 aromatic heterocycles. The lowest BCUT2D eigenvalue weighted by Gasteiger charge is -2.11. The van der Waals surface area contributed by atoms with Crippen LogP contribution in [0.4, 0.5) is 0 Å². The number of carbonyl (C=O) groups is 1. The van der Waals surface area contributed by atoms with Gasteiger partial charge >= 0.3 is 5.97 Å². The Kier molecular flexibility index (Phi) is 4.25. The molecule has 4 nitrogen and oxygen atoms in total. The van der Waals surface area contributed by atoms with Crippen LogP contribution in [0.15, 0.2) is 4.99 Å². The summed E-state index contributed by atoms with van der Waals surface area (Å²) in [7, 11) is 1.39. The molecule has 0 saturated heterocycles. The van der Waals surface area contributed by atoms with Crippen LogP contribution in [0.5, 0.6) is 0 Å². The Bertz CT molecular complexity index is 243. The van der Waals surface area contributed by atoms with Crippen molar-refractivity contribution >= 4 is 22.9 Å². The fourth-order valence-electron chi connectivity index (χ4n) is 1.12. The third-order valence-electron chi connectivity index (χ3n) is 2.08. The zero-order valence-corrected chi connectivity index (χ0v) is 9.56. The number of aliphatic imine (C=N–C) groups is 1. The van der Waals surface area contributed by atoms with Crippen LogP contribution in [0.25, 0.3) is 0 Å². The zero-order chi connectivity index (χ0) is 10.6. The van der Waals surface area contributed by atoms with Crippen LogP contribution in [-0.4, -0.2) is 36.1 Å². The molecule has 0 radical (unpaired) electrons. The van der Waals surface area contributed by atoms with Crippen LogP contribution in [0.2, 0.25) is 0 Å². The van der Waals surface area contributed by atoms with Gasteiger partial charge in [-0.15, -0.1) is 0 Å². The van der Waals surface area contributed by atoms with Gasteiger partial charge in [-0.3, -0.25) is 4.99 Å². The predicted molar refractivity (Wildman–Crippen MR) is 58.6 cm³/mol. The summed E-state index contributed by atoms with van der Waals surface area (Å²) < 4.78 is 4.61. The summed E-state index contributed by atoms with van der Waals surface area (Å²) in [5, 5.41) is 3.89. The summed E-state index contributed by atoms with van der Waals surface area (Å²) in [4.78, 5) is 15.5. The minimum Gasteiger partial charge on any atom is -0.467 e. The van der Waals surface area contributed by atoms with E-state index in [-0.39, 0.29) is 12.0 Å². The van der Waals surface area contributed by atoms with Gasteiger partial charge in [-0.25, -0.2) is 4.79 Å². The van der Waals surface area contributed by atoms with Gasteiger partial charge in [0.15, 0.2) is 5.17 Å². The number of carbonyl (C=O) groups excluding carboxylic acids is 1. The van der Waals surface area contributed by atoms with Crippen LogP contribution in [0.3, 0.4) is 0 Å². The first-order valence-corrected chi connectivity index (χ1v) is 5.71. The molecular weight excluding hydrogens is 200 g/mol. The van der Waals surface area contributed by atoms with Crippen molar-refractivity contribution in [1.29, 1.82) is 0 Å². The highest BCUT2D eigenvalue weighted by atomic mass is 32.2. The number of rotatable bonds is 3. The molecule has 0 amide bonds. The first-order chi connectivity index (χ1) is 6.67. The van der Waals surface area contributed by atoms with Crippen LogP contribution in [0, 0.1) is 0 Å². The first-order valence-electron chi connectivity index (χ1n) is 4.72. The number of hydrogen-bond donors (Lipinski definition) is 1. The first kappa shape index (κ1) is 11.4. The summed E-state index contributed by atoms with van der Waals surface area (Å²) in [6.07, 6.45) is 1.05. The SMILES string of the molecule is CCC1CSC(NC(C)C(=O)OC)=N1. The third kappa shape index (κ3) is 2.90. The molecule has 0 fully saturated rings. The molecule has 5 heteroatoms. The van der Waals surface area contributed by atoms with Gasteiger partial charge in [0, 0.05) is 5.75 Å². The van der Waals surface area contributed by atoms with Crippen molar-refractivity contribution < 1.29 is 9.53 Å². The van der Waals surface area contributed by atoms with Gasteiger partial charge in [-0.1, -0.05) is 18.7 Å². The van der Waals surface area contributed by atoms with Crippen molar-refractivity contribution in [2.75, 3.05) is 12.9 Å². The lowest BCUT2D eigenvalue weighted by Crippen LogP contribution is -2.37. The molecule has 0 aromatic carbocycles. The van der Waals surface area contributed by atoms with E-state index in [9.17, 15) is 4.79 Å². The van der Waals surface area contributed by atoms with Crippen molar-refractivity contribution in [3.05, 3.63) is 0 Å². The van der Waals surface area contributed by atoms with E-state index in [1.54, 1.807) is 18.7 Å². The number of methoxy groups -OCH3 is 1. The van der Waals surface area contributed by atoms with E-state index < -0.39 is 0 Å². The van der Waals surface area contributed by atoms with Crippen molar-refractivity contribution in [1.82, 2.24) is 5.32 Å². The highest BCUT2D eigenvalue weighted by Crippen LogP contribution is 2.18. The molecule has 80 valence electrons. The molecule has 1 aliphatic heterocycles. The van der Waals surface area contributed by atoms with Gasteiger partial charge in [0.25, 0.3) is 0 Å². The maximum Gasteiger partial charge on any atom is 0.328 e. The number of amidine groups is 1. The molecule has 0 aromatic rings. The standard InChI is InChI=1S/C9H16N2O2S/c1-4-7-5-14-9(11-7)10-6(2)8(12)13-3/h6-7H,4-5H2,1-3H3,(H,10,11). The number of thioether (sulfide) groups is 1. The second kappa shape index (κ2) is 5.24. The fraction of sp³-hybridized carbons (Fsp3) is 0.778. The lowest BCUT2D eigenvalue weighted by atomic mass is 10.3. The Hall–Kier alpha value is -0.710. The summed E-state index contributed by atoms with van der Waals surface area (Å²) in [5.74, 6) is 0.750. The monoisotopic (exact) mass is 216 g/mol. The summed E-state index contributed by atoms with van der Waals surface area (Å²) in [6, 6.07) is 0.0780. The van der Waals surface area contributed by atoms with Gasteiger partial charge < -0.3 is 10.1 Å². The topological polar surface area (TPSA) is 50.7 Å². The highest BCUT2D eigenvalue weighted by Gasteiger charge is 2.20. The number of esters is 1. The summed E-state index contributed by atoms with van der Waals surface area (Å²) in [6.45, 7) is 3.88. The van der Waals surface area contributed by atoms with Crippen LogP contribution in [0.1, 0.15) is 20.3 Å². The molecule has 2 unspecified atom stereocenters. The molecule has 0 spiro atoms. The average Bonchev–Trinajstić information content (AvgIpc) is 2.64. The minimum atomic E-state index is -0.318. The molecule has 0 bridgehead atoms. The van der Waals surface area contributed by atoms with Gasteiger partial charge in [-0.2, -0.15) is 0 Å². The Labute approximate surface area is 88.5 Å². The third-order valence-corrected chi connectivity index (χ3v) is 3.13. The van der Waals surface area contributed by atoms with E-state index in [1.807, 2.05) is 0 Å². The van der Waals surface area contributed by atoms with Gasteiger partial charge in [0.05, 0.1) is 13.2 Å². The average molecular weight is 216 g/mol. The lowest BCUT2D eigenvalue weighted by molar-refractivity contribution is -0.142. The minimum absolute atomic E-state index is 0.256. The number of ether oxygens (including phenoxy) is 1. The van der Waals surface area contributed by atoms with Crippen molar-refractivity contribution in [3.63, 3.8) is 0 Å². The molecule has 2 atom stereocenters. The normalized spacial score (nSPS) is 22.8. The van der Waals surface area contributed by atoms with E-state index >= 15 is 0 Å². The van der Waals surface area contributed by atoms with Crippen LogP contribution < -0.4 is 5.32 Å². The Morgan fingerprint density at radius 1 is 1.86 bits per heavy atom. The van der Waals surface area contributed by atoms with Crippen molar-refractivity contribution in [2.45, 2.75) is 32.4 Å². The van der Waals surface area contributed by atoms with Gasteiger partial charge in [0.1, 0.15) is 6.04 Å². The zero-order valence-electron chi connectivity index (χ0n) is 8.74. The Morgan fingerprint density at radius 2 is 2.57 bits per heavy atom. The molecule has 1 N–H and O–H groups in total. The summed E-state index contributed by atoms with van der Waals surface area (Å²) >= 11 is 1.66. The van der Waals surface area contributed by atoms with Crippen LogP contribution in [-0.2, 0) is 9.53 Å². The van der Waals surface area contributed by atoms with Gasteiger partial charge in [-0.05, 0) is 13.3 Å². The smallest absolute Gasteiger partial charge is 0.328 e. The van der Waals surface area contributed by atoms with E-state index in [0.717, 1.165) is 17.3 Å². The quantitative estimate of drug-likeness (QED) is 0.716. The fourth-order valence-corrected chi connectivity index (χ4v) is 2.27. The van der Waals surface area contributed by atoms with E-state index in [0.29, 0.717) is 6.04 Å². The molecule has 0 saturated carbocycles. The summed E-state index contributed by atoms with van der Waals surface area (Å²) in [5.41, 5.74) is 0. The number of nitrogens with one attached hydrogen (secondary N) is 1. The van der Waals surface area contributed by atoms with Crippen LogP contribution >= 0.6 is 11.8 Å². The van der Waals surface area contributed by atoms with E-state index in [1.165, 1.54) is 7.11 Å². The number of nitrogens with zero attached hydrogens (tertiary/aromatic N) is 1.